The van der Waals surface area contributed by atoms with Crippen LogP contribution in [0.1, 0.15) is 24.3 Å². The Bertz CT molecular complexity index is 705. The van der Waals surface area contributed by atoms with E-state index in [1.165, 1.54) is 5.56 Å². The van der Waals surface area contributed by atoms with Crippen molar-refractivity contribution in [3.05, 3.63) is 75.9 Å². The summed E-state index contributed by atoms with van der Waals surface area (Å²) >= 11 is 12.0. The fourth-order valence-electron chi connectivity index (χ4n) is 2.75. The topological polar surface area (TPSA) is 29.1 Å². The van der Waals surface area contributed by atoms with Gasteiger partial charge in [-0.15, -0.1) is 0 Å². The van der Waals surface area contributed by atoms with Gasteiger partial charge in [0.25, 0.3) is 0 Å². The average Bonchev–Trinajstić information content (AvgIpc) is 2.46. The lowest BCUT2D eigenvalue weighted by molar-refractivity contribution is -0.115. The molecule has 3 rings (SSSR count). The van der Waals surface area contributed by atoms with Crippen LogP contribution in [0.25, 0.3) is 0 Å². The molecule has 2 aromatic rings. The molecular weight excluding hydrogens is 317 g/mol. The van der Waals surface area contributed by atoms with Crippen molar-refractivity contribution in [2.75, 3.05) is 5.32 Å². The molecule has 0 aliphatic heterocycles. The summed E-state index contributed by atoms with van der Waals surface area (Å²) in [5, 5.41) is 4.40. The van der Waals surface area contributed by atoms with Gasteiger partial charge in [-0.2, -0.15) is 0 Å². The molecule has 0 fully saturated rings. The van der Waals surface area contributed by atoms with E-state index in [-0.39, 0.29) is 11.7 Å². The molecule has 2 aromatic carbocycles. The lowest BCUT2D eigenvalue weighted by Crippen LogP contribution is -2.16. The molecule has 0 heterocycles. The van der Waals surface area contributed by atoms with E-state index in [9.17, 15) is 4.79 Å². The van der Waals surface area contributed by atoms with Crippen LogP contribution in [-0.4, -0.2) is 5.78 Å². The molecular formula is C18H15Cl2NO. The van der Waals surface area contributed by atoms with E-state index in [2.05, 4.69) is 17.4 Å². The summed E-state index contributed by atoms with van der Waals surface area (Å²) < 4.78 is 0. The van der Waals surface area contributed by atoms with Crippen LogP contribution in [0, 0.1) is 0 Å². The average molecular weight is 332 g/mol. The maximum absolute atomic E-state index is 12.0. The number of nitrogens with one attached hydrogen (secondary N) is 1. The van der Waals surface area contributed by atoms with Crippen LogP contribution < -0.4 is 5.32 Å². The molecule has 112 valence electrons. The number of anilines is 1. The SMILES string of the molecule is O=C1C=C(Nc2cc(Cl)cc(Cl)c2)CC(c2ccccc2)C1. The van der Waals surface area contributed by atoms with Crippen molar-refractivity contribution in [3.8, 4) is 0 Å². The monoisotopic (exact) mass is 331 g/mol. The molecule has 1 aliphatic carbocycles. The standard InChI is InChI=1S/C18H15Cl2NO/c19-14-8-15(20)10-17(9-14)21-16-6-13(7-18(22)11-16)12-4-2-1-3-5-12/h1-5,8-11,13,21H,6-7H2. The Morgan fingerprint density at radius 1 is 0.955 bits per heavy atom. The second-order valence-corrected chi connectivity index (χ2v) is 6.31. The minimum Gasteiger partial charge on any atom is -0.359 e. The second kappa shape index (κ2) is 6.55. The van der Waals surface area contributed by atoms with Crippen molar-refractivity contribution in [3.63, 3.8) is 0 Å². The summed E-state index contributed by atoms with van der Waals surface area (Å²) in [7, 11) is 0. The van der Waals surface area contributed by atoms with Gasteiger partial charge in [-0.05, 0) is 36.1 Å². The fraction of sp³-hybridized carbons (Fsp3) is 0.167. The summed E-state index contributed by atoms with van der Waals surface area (Å²) in [6.45, 7) is 0. The molecule has 0 amide bonds. The van der Waals surface area contributed by atoms with E-state index in [0.717, 1.165) is 17.8 Å². The van der Waals surface area contributed by atoms with Crippen LogP contribution in [0.4, 0.5) is 5.69 Å². The number of halogens is 2. The molecule has 0 radical (unpaired) electrons. The molecule has 0 spiro atoms. The van der Waals surface area contributed by atoms with Gasteiger partial charge in [0.05, 0.1) is 0 Å². The number of carbonyl (C=O) groups excluding carboxylic acids is 1. The van der Waals surface area contributed by atoms with Gasteiger partial charge in [-0.3, -0.25) is 4.79 Å². The molecule has 1 aliphatic rings. The zero-order valence-electron chi connectivity index (χ0n) is 11.9. The van der Waals surface area contributed by atoms with Gasteiger partial charge in [0.2, 0.25) is 0 Å². The lowest BCUT2D eigenvalue weighted by Gasteiger charge is -2.23. The molecule has 1 unspecified atom stereocenters. The molecule has 0 saturated carbocycles. The van der Waals surface area contributed by atoms with E-state index in [1.54, 1.807) is 24.3 Å². The van der Waals surface area contributed by atoms with Crippen LogP contribution in [0.2, 0.25) is 10.0 Å². The van der Waals surface area contributed by atoms with Gasteiger partial charge in [-0.1, -0.05) is 53.5 Å². The minimum atomic E-state index is 0.135. The van der Waals surface area contributed by atoms with Crippen LogP contribution in [0.15, 0.2) is 60.3 Å². The third-order valence-corrected chi connectivity index (χ3v) is 4.12. The van der Waals surface area contributed by atoms with Crippen molar-refractivity contribution >= 4 is 34.7 Å². The van der Waals surface area contributed by atoms with Crippen LogP contribution in [0.5, 0.6) is 0 Å². The van der Waals surface area contributed by atoms with Crippen molar-refractivity contribution in [1.82, 2.24) is 0 Å². The predicted octanol–water partition coefficient (Wildman–Crippen LogP) is 5.44. The van der Waals surface area contributed by atoms with Crippen molar-refractivity contribution < 1.29 is 4.79 Å². The van der Waals surface area contributed by atoms with Gasteiger partial charge in [0.15, 0.2) is 5.78 Å². The summed E-state index contributed by atoms with van der Waals surface area (Å²) in [5.41, 5.74) is 2.88. The quantitative estimate of drug-likeness (QED) is 0.811. The van der Waals surface area contributed by atoms with Gasteiger partial charge < -0.3 is 5.32 Å². The number of rotatable bonds is 3. The number of hydrogen-bond acceptors (Lipinski definition) is 2. The molecule has 1 N–H and O–H groups in total. The molecule has 0 aromatic heterocycles. The van der Waals surface area contributed by atoms with Gasteiger partial charge >= 0.3 is 0 Å². The minimum absolute atomic E-state index is 0.135. The molecule has 4 heteroatoms. The van der Waals surface area contributed by atoms with Crippen molar-refractivity contribution in [1.29, 1.82) is 0 Å². The lowest BCUT2D eigenvalue weighted by atomic mass is 9.85. The molecule has 1 atom stereocenters. The van der Waals surface area contributed by atoms with E-state index in [1.807, 2.05) is 18.2 Å². The van der Waals surface area contributed by atoms with Gasteiger partial charge in [-0.25, -0.2) is 0 Å². The highest BCUT2D eigenvalue weighted by Gasteiger charge is 2.22. The van der Waals surface area contributed by atoms with Crippen LogP contribution >= 0.6 is 23.2 Å². The first-order valence-electron chi connectivity index (χ1n) is 7.11. The molecule has 22 heavy (non-hydrogen) atoms. The van der Waals surface area contributed by atoms with E-state index < -0.39 is 0 Å². The first kappa shape index (κ1) is 15.1. The second-order valence-electron chi connectivity index (χ2n) is 5.43. The number of ketones is 1. The van der Waals surface area contributed by atoms with Crippen molar-refractivity contribution in [2.45, 2.75) is 18.8 Å². The van der Waals surface area contributed by atoms with E-state index in [4.69, 9.17) is 23.2 Å². The number of hydrogen-bond donors (Lipinski definition) is 1. The summed E-state index contributed by atoms with van der Waals surface area (Å²) in [6, 6.07) is 15.4. The molecule has 0 saturated heterocycles. The van der Waals surface area contributed by atoms with Gasteiger partial charge in [0, 0.05) is 33.9 Å². The highest BCUT2D eigenvalue weighted by atomic mass is 35.5. The first-order valence-corrected chi connectivity index (χ1v) is 7.87. The third kappa shape index (κ3) is 3.70. The van der Waals surface area contributed by atoms with E-state index >= 15 is 0 Å². The predicted molar refractivity (Wildman–Crippen MR) is 91.6 cm³/mol. The zero-order valence-corrected chi connectivity index (χ0v) is 13.4. The Morgan fingerprint density at radius 3 is 2.32 bits per heavy atom. The van der Waals surface area contributed by atoms with Gasteiger partial charge in [0.1, 0.15) is 0 Å². The highest BCUT2D eigenvalue weighted by Crippen LogP contribution is 2.32. The summed E-state index contributed by atoms with van der Waals surface area (Å²) in [4.78, 5) is 12.0. The summed E-state index contributed by atoms with van der Waals surface area (Å²) in [5.74, 6) is 0.339. The Labute approximate surface area is 139 Å². The maximum atomic E-state index is 12.0. The summed E-state index contributed by atoms with van der Waals surface area (Å²) in [6.07, 6.45) is 3.01. The van der Waals surface area contributed by atoms with E-state index in [0.29, 0.717) is 16.5 Å². The number of allylic oxidation sites excluding steroid dienone is 2. The number of carbonyl (C=O) groups is 1. The first-order chi connectivity index (χ1) is 10.6. The zero-order chi connectivity index (χ0) is 15.5. The molecule has 0 bridgehead atoms. The fourth-order valence-corrected chi connectivity index (χ4v) is 3.28. The Hall–Kier alpha value is -1.77. The Kier molecular flexibility index (Phi) is 4.51. The van der Waals surface area contributed by atoms with Crippen LogP contribution in [0.3, 0.4) is 0 Å². The smallest absolute Gasteiger partial charge is 0.158 e. The third-order valence-electron chi connectivity index (χ3n) is 3.69. The highest BCUT2D eigenvalue weighted by molar-refractivity contribution is 6.35. The maximum Gasteiger partial charge on any atom is 0.158 e. The largest absolute Gasteiger partial charge is 0.359 e. The number of benzene rings is 2. The van der Waals surface area contributed by atoms with Crippen molar-refractivity contribution in [2.24, 2.45) is 0 Å². The van der Waals surface area contributed by atoms with Crippen LogP contribution in [-0.2, 0) is 4.79 Å². The Balaban J connectivity index is 1.80. The molecule has 2 nitrogen and oxygen atoms in total. The normalized spacial score (nSPS) is 18.0. The Morgan fingerprint density at radius 2 is 1.64 bits per heavy atom.